The molecule has 1 saturated heterocycles. The van der Waals surface area contributed by atoms with Crippen molar-refractivity contribution in [2.45, 2.75) is 51.1 Å². The monoisotopic (exact) mass is 494 g/mol. The molecule has 4 rings (SSSR count). The molecule has 1 unspecified atom stereocenters. The normalized spacial score (nSPS) is 21.7. The lowest BCUT2D eigenvalue weighted by Gasteiger charge is -2.40. The first kappa shape index (κ1) is 24.7. The van der Waals surface area contributed by atoms with Crippen LogP contribution in [0.4, 0.5) is 18.9 Å². The molecule has 1 saturated carbocycles. The highest BCUT2D eigenvalue weighted by molar-refractivity contribution is 6.14. The standard InChI is InChI=1S/C23H25F3N4O5/c1-3-35-28-15-6-7-29(10-23(15,2)27)18-14(24)8-12-17(16(18)20(32)21(25)26)30(11-4-5-11)9-13(19(12)31)22(33)34/h8-9,11,21H,3-7,10,27H2,1-2H3,(H,33,34)/b28-15-. The number of aromatic nitrogens is 1. The van der Waals surface area contributed by atoms with Gasteiger partial charge in [-0.2, -0.15) is 0 Å². The molecular weight excluding hydrogens is 469 g/mol. The van der Waals surface area contributed by atoms with Crippen LogP contribution in [0.1, 0.15) is 59.9 Å². The third kappa shape index (κ3) is 4.38. The number of rotatable bonds is 7. The molecule has 9 nitrogen and oxygen atoms in total. The first-order valence-electron chi connectivity index (χ1n) is 11.2. The number of ketones is 1. The number of fused-ring (bicyclic) bond motifs is 1. The number of pyridine rings is 1. The summed E-state index contributed by atoms with van der Waals surface area (Å²) in [6.07, 6.45) is -1.03. The Bertz CT molecular complexity index is 1300. The molecule has 35 heavy (non-hydrogen) atoms. The van der Waals surface area contributed by atoms with Gasteiger partial charge in [0.15, 0.2) is 0 Å². The van der Waals surface area contributed by atoms with Crippen molar-refractivity contribution in [1.82, 2.24) is 4.57 Å². The summed E-state index contributed by atoms with van der Waals surface area (Å²) in [5.74, 6) is -4.29. The number of nitrogens with two attached hydrogens (primary N) is 1. The minimum absolute atomic E-state index is 0.0638. The van der Waals surface area contributed by atoms with Crippen LogP contribution in [0.2, 0.25) is 0 Å². The van der Waals surface area contributed by atoms with Gasteiger partial charge in [0, 0.05) is 31.7 Å². The summed E-state index contributed by atoms with van der Waals surface area (Å²) < 4.78 is 44.5. The smallest absolute Gasteiger partial charge is 0.341 e. The van der Waals surface area contributed by atoms with Gasteiger partial charge in [-0.05, 0) is 32.8 Å². The van der Waals surface area contributed by atoms with Crippen molar-refractivity contribution in [3.8, 4) is 0 Å². The maximum absolute atomic E-state index is 15.6. The Morgan fingerprint density at radius 3 is 2.60 bits per heavy atom. The molecule has 1 aromatic heterocycles. The van der Waals surface area contributed by atoms with Gasteiger partial charge in [-0.1, -0.05) is 5.16 Å². The molecule has 12 heteroatoms. The van der Waals surface area contributed by atoms with Crippen LogP contribution in [0.5, 0.6) is 0 Å². The lowest BCUT2D eigenvalue weighted by atomic mass is 9.88. The number of anilines is 1. The van der Waals surface area contributed by atoms with Crippen molar-refractivity contribution < 1.29 is 32.7 Å². The molecule has 188 valence electrons. The van der Waals surface area contributed by atoms with Gasteiger partial charge in [-0.25, -0.2) is 18.0 Å². The zero-order valence-electron chi connectivity index (χ0n) is 19.2. The van der Waals surface area contributed by atoms with Gasteiger partial charge in [0.2, 0.25) is 11.2 Å². The number of alkyl halides is 2. The van der Waals surface area contributed by atoms with E-state index in [1.807, 2.05) is 0 Å². The Hall–Kier alpha value is -3.41. The zero-order valence-corrected chi connectivity index (χ0v) is 19.2. The molecule has 1 atom stereocenters. The van der Waals surface area contributed by atoms with Gasteiger partial charge < -0.3 is 25.1 Å². The summed E-state index contributed by atoms with van der Waals surface area (Å²) in [7, 11) is 0. The number of carbonyl (C=O) groups excluding carboxylic acids is 1. The number of carboxylic acid groups (broad SMARTS) is 1. The van der Waals surface area contributed by atoms with E-state index in [-0.39, 0.29) is 31.1 Å². The highest BCUT2D eigenvalue weighted by Crippen LogP contribution is 2.41. The first-order chi connectivity index (χ1) is 16.5. The second-order valence-corrected chi connectivity index (χ2v) is 9.00. The van der Waals surface area contributed by atoms with E-state index < -0.39 is 57.2 Å². The Balaban J connectivity index is 1.99. The van der Waals surface area contributed by atoms with Crippen molar-refractivity contribution in [3.63, 3.8) is 0 Å². The number of hydrogen-bond acceptors (Lipinski definition) is 7. The van der Waals surface area contributed by atoms with E-state index in [1.165, 1.54) is 9.47 Å². The molecule has 0 amide bonds. The Morgan fingerprint density at radius 2 is 2.06 bits per heavy atom. The van der Waals surface area contributed by atoms with Gasteiger partial charge >= 0.3 is 12.4 Å². The van der Waals surface area contributed by atoms with Crippen LogP contribution in [-0.4, -0.2) is 58.8 Å². The molecule has 0 radical (unpaired) electrons. The highest BCUT2D eigenvalue weighted by Gasteiger charge is 2.39. The van der Waals surface area contributed by atoms with Crippen molar-refractivity contribution in [3.05, 3.63) is 39.4 Å². The molecule has 2 fully saturated rings. The summed E-state index contributed by atoms with van der Waals surface area (Å²) in [6.45, 7) is 3.72. The number of benzene rings is 1. The largest absolute Gasteiger partial charge is 0.477 e. The molecule has 0 bridgehead atoms. The number of carbonyl (C=O) groups is 2. The SMILES string of the molecule is CCO/N=C1/CCN(c2c(F)cc3c(=O)c(C(=O)O)cn(C4CC4)c3c2C(=O)C(F)F)CC1(C)N. The molecule has 1 aliphatic carbocycles. The predicted molar refractivity (Wildman–Crippen MR) is 122 cm³/mol. The summed E-state index contributed by atoms with van der Waals surface area (Å²) in [5.41, 5.74) is 2.83. The number of halogens is 3. The number of Topliss-reactive ketones (excluding diaryl/α,β-unsaturated/α-hetero) is 1. The van der Waals surface area contributed by atoms with Crippen molar-refractivity contribution in [2.75, 3.05) is 24.6 Å². The highest BCUT2D eigenvalue weighted by atomic mass is 19.3. The van der Waals surface area contributed by atoms with Gasteiger partial charge in [0.25, 0.3) is 0 Å². The van der Waals surface area contributed by atoms with Crippen LogP contribution in [0.25, 0.3) is 10.9 Å². The average Bonchev–Trinajstić information content (AvgIpc) is 3.62. The first-order valence-corrected chi connectivity index (χ1v) is 11.2. The molecule has 3 N–H and O–H groups in total. The fourth-order valence-electron chi connectivity index (χ4n) is 4.50. The minimum Gasteiger partial charge on any atom is -0.477 e. The Morgan fingerprint density at radius 1 is 1.37 bits per heavy atom. The van der Waals surface area contributed by atoms with Crippen molar-refractivity contribution >= 4 is 34.1 Å². The zero-order chi connectivity index (χ0) is 25.7. The number of hydrogen-bond donors (Lipinski definition) is 2. The summed E-state index contributed by atoms with van der Waals surface area (Å²) >= 11 is 0. The minimum atomic E-state index is -3.48. The van der Waals surface area contributed by atoms with Crippen molar-refractivity contribution in [1.29, 1.82) is 0 Å². The molecule has 2 heterocycles. The average molecular weight is 494 g/mol. The third-order valence-corrected chi connectivity index (χ3v) is 6.27. The topological polar surface area (TPSA) is 127 Å². The molecule has 0 spiro atoms. The predicted octanol–water partition coefficient (Wildman–Crippen LogP) is 2.94. The fourth-order valence-corrected chi connectivity index (χ4v) is 4.50. The summed E-state index contributed by atoms with van der Waals surface area (Å²) in [5, 5.41) is 13.0. The van der Waals surface area contributed by atoms with E-state index in [0.717, 1.165) is 12.3 Å². The van der Waals surface area contributed by atoms with Crippen LogP contribution in [-0.2, 0) is 4.84 Å². The maximum atomic E-state index is 15.6. The van der Waals surface area contributed by atoms with Crippen LogP contribution >= 0.6 is 0 Å². The lowest BCUT2D eigenvalue weighted by Crippen LogP contribution is -2.59. The van der Waals surface area contributed by atoms with E-state index in [2.05, 4.69) is 5.16 Å². The fraction of sp³-hybridized carbons (Fsp3) is 0.478. The summed E-state index contributed by atoms with van der Waals surface area (Å²) in [6, 6.07) is 0.517. The van der Waals surface area contributed by atoms with Crippen molar-refractivity contribution in [2.24, 2.45) is 10.9 Å². The van der Waals surface area contributed by atoms with Gasteiger partial charge in [0.05, 0.1) is 33.4 Å². The van der Waals surface area contributed by atoms with E-state index in [0.29, 0.717) is 25.2 Å². The molecule has 2 aromatic rings. The molecule has 1 aromatic carbocycles. The van der Waals surface area contributed by atoms with Gasteiger partial charge in [-0.3, -0.25) is 9.59 Å². The number of piperidine rings is 1. The van der Waals surface area contributed by atoms with Gasteiger partial charge in [-0.15, -0.1) is 0 Å². The second kappa shape index (κ2) is 8.99. The maximum Gasteiger partial charge on any atom is 0.341 e. The van der Waals surface area contributed by atoms with Crippen LogP contribution < -0.4 is 16.1 Å². The molecule has 2 aliphatic rings. The Labute approximate surface area is 197 Å². The van der Waals surface area contributed by atoms with E-state index >= 15 is 4.39 Å². The number of oxime groups is 1. The summed E-state index contributed by atoms with van der Waals surface area (Å²) in [4.78, 5) is 43.8. The lowest BCUT2D eigenvalue weighted by molar-refractivity contribution is 0.0679. The quantitative estimate of drug-likeness (QED) is 0.448. The Kier molecular flexibility index (Phi) is 6.34. The van der Waals surface area contributed by atoms with E-state index in [4.69, 9.17) is 10.6 Å². The van der Waals surface area contributed by atoms with E-state index in [9.17, 15) is 28.3 Å². The molecular formula is C23H25F3N4O5. The van der Waals surface area contributed by atoms with Gasteiger partial charge in [0.1, 0.15) is 18.0 Å². The number of carboxylic acids is 1. The van der Waals surface area contributed by atoms with Crippen LogP contribution in [0.3, 0.4) is 0 Å². The molecule has 1 aliphatic heterocycles. The third-order valence-electron chi connectivity index (χ3n) is 6.27. The van der Waals surface area contributed by atoms with Crippen LogP contribution in [0.15, 0.2) is 22.2 Å². The number of nitrogens with zero attached hydrogens (tertiary/aromatic N) is 3. The van der Waals surface area contributed by atoms with E-state index in [1.54, 1.807) is 13.8 Å². The van der Waals surface area contributed by atoms with Crippen LogP contribution in [0, 0.1) is 5.82 Å². The number of aromatic carboxylic acids is 1. The second-order valence-electron chi connectivity index (χ2n) is 9.00.